The van der Waals surface area contributed by atoms with Crippen molar-refractivity contribution in [2.45, 2.75) is 39.8 Å². The third-order valence-electron chi connectivity index (χ3n) is 3.44. The average Bonchev–Trinajstić information content (AvgIpc) is 2.95. The number of likely N-dealkylation sites (N-methyl/N-ethyl adjacent to an activating group) is 1. The lowest BCUT2D eigenvalue weighted by atomic mass is 10.1. The number of hydrogen-bond acceptors (Lipinski definition) is 6. The van der Waals surface area contributed by atoms with Crippen molar-refractivity contribution in [1.82, 2.24) is 25.3 Å². The predicted molar refractivity (Wildman–Crippen MR) is 90.0 cm³/mol. The molecule has 0 aromatic carbocycles. The molecule has 0 fully saturated rings. The quantitative estimate of drug-likeness (QED) is 0.796. The number of rotatable bonds is 8. The van der Waals surface area contributed by atoms with Crippen LogP contribution < -0.4 is 5.32 Å². The van der Waals surface area contributed by atoms with E-state index in [1.165, 1.54) is 0 Å². The molecular formula is C17H25N5O2. The van der Waals surface area contributed by atoms with Crippen LogP contribution in [0.5, 0.6) is 0 Å². The number of nitrogens with one attached hydrogen (secondary N) is 1. The molecule has 1 atom stereocenters. The maximum Gasteiger partial charge on any atom is 0.248 e. The van der Waals surface area contributed by atoms with Crippen LogP contribution in [-0.4, -0.2) is 39.5 Å². The molecule has 24 heavy (non-hydrogen) atoms. The molecule has 1 N–H and O–H groups in total. The maximum atomic E-state index is 12.2. The second-order valence-electron chi connectivity index (χ2n) is 6.46. The average molecular weight is 331 g/mol. The van der Waals surface area contributed by atoms with Gasteiger partial charge in [-0.25, -0.2) is 0 Å². The van der Waals surface area contributed by atoms with Gasteiger partial charge < -0.3 is 9.84 Å². The van der Waals surface area contributed by atoms with Crippen molar-refractivity contribution in [3.8, 4) is 0 Å². The van der Waals surface area contributed by atoms with Crippen molar-refractivity contribution in [1.29, 1.82) is 0 Å². The van der Waals surface area contributed by atoms with Crippen LogP contribution in [0.4, 0.5) is 0 Å². The fourth-order valence-electron chi connectivity index (χ4n) is 2.34. The summed E-state index contributed by atoms with van der Waals surface area (Å²) in [6, 6.07) is 3.57. The first-order valence-corrected chi connectivity index (χ1v) is 8.13. The molecule has 2 heterocycles. The molecule has 2 rings (SSSR count). The monoisotopic (exact) mass is 331 g/mol. The third-order valence-corrected chi connectivity index (χ3v) is 3.44. The van der Waals surface area contributed by atoms with E-state index in [-0.39, 0.29) is 11.9 Å². The molecule has 0 aliphatic heterocycles. The molecule has 1 amide bonds. The third kappa shape index (κ3) is 5.73. The van der Waals surface area contributed by atoms with Crippen LogP contribution in [0.2, 0.25) is 0 Å². The Kier molecular flexibility index (Phi) is 6.43. The molecule has 0 bridgehead atoms. The van der Waals surface area contributed by atoms with Gasteiger partial charge in [0.1, 0.15) is 6.04 Å². The van der Waals surface area contributed by atoms with E-state index in [4.69, 9.17) is 4.52 Å². The fourth-order valence-corrected chi connectivity index (χ4v) is 2.34. The van der Waals surface area contributed by atoms with Crippen LogP contribution in [0.1, 0.15) is 44.1 Å². The summed E-state index contributed by atoms with van der Waals surface area (Å²) in [7, 11) is 1.90. The van der Waals surface area contributed by atoms with Crippen LogP contribution in [-0.2, 0) is 17.8 Å². The summed E-state index contributed by atoms with van der Waals surface area (Å²) in [6.45, 7) is 7.01. The van der Waals surface area contributed by atoms with E-state index in [1.54, 1.807) is 12.4 Å². The van der Waals surface area contributed by atoms with Gasteiger partial charge in [0.15, 0.2) is 5.82 Å². The number of carbonyl (C=O) groups excluding carboxylic acids is 1. The molecule has 130 valence electrons. The van der Waals surface area contributed by atoms with Crippen molar-refractivity contribution < 1.29 is 9.32 Å². The van der Waals surface area contributed by atoms with E-state index in [2.05, 4.69) is 34.3 Å². The number of nitrogens with zero attached hydrogens (tertiary/aromatic N) is 4. The number of pyridine rings is 1. The lowest BCUT2D eigenvalue weighted by Crippen LogP contribution is -2.36. The predicted octanol–water partition coefficient (Wildman–Crippen LogP) is 1.97. The highest BCUT2D eigenvalue weighted by Gasteiger charge is 2.17. The van der Waals surface area contributed by atoms with Gasteiger partial charge in [0.05, 0.1) is 6.54 Å². The number of hydrogen-bond donors (Lipinski definition) is 1. The minimum Gasteiger partial charge on any atom is -0.343 e. The van der Waals surface area contributed by atoms with Crippen molar-refractivity contribution in [2.75, 3.05) is 13.6 Å². The van der Waals surface area contributed by atoms with Crippen molar-refractivity contribution in [3.05, 3.63) is 41.8 Å². The zero-order valence-corrected chi connectivity index (χ0v) is 14.7. The summed E-state index contributed by atoms with van der Waals surface area (Å²) in [5.41, 5.74) is 1.11. The zero-order chi connectivity index (χ0) is 17.5. The molecule has 0 aliphatic carbocycles. The second-order valence-corrected chi connectivity index (χ2v) is 6.46. The summed E-state index contributed by atoms with van der Waals surface area (Å²) in [6.07, 6.45) is 4.25. The topological polar surface area (TPSA) is 84.2 Å². The first-order valence-electron chi connectivity index (χ1n) is 8.13. The number of carbonyl (C=O) groups is 1. The van der Waals surface area contributed by atoms with E-state index in [0.717, 1.165) is 12.0 Å². The van der Waals surface area contributed by atoms with Crippen LogP contribution in [0, 0.1) is 5.92 Å². The van der Waals surface area contributed by atoms with Crippen molar-refractivity contribution in [2.24, 2.45) is 5.92 Å². The lowest BCUT2D eigenvalue weighted by Gasteiger charge is -2.17. The van der Waals surface area contributed by atoms with E-state index in [9.17, 15) is 4.79 Å². The summed E-state index contributed by atoms with van der Waals surface area (Å²) in [4.78, 5) is 22.4. The van der Waals surface area contributed by atoms with E-state index < -0.39 is 0 Å². The first-order chi connectivity index (χ1) is 11.4. The van der Waals surface area contributed by atoms with Gasteiger partial charge in [0.2, 0.25) is 11.8 Å². The van der Waals surface area contributed by atoms with Crippen LogP contribution >= 0.6 is 0 Å². The zero-order valence-electron chi connectivity index (χ0n) is 14.7. The number of aromatic nitrogens is 3. The molecular weight excluding hydrogens is 306 g/mol. The van der Waals surface area contributed by atoms with Gasteiger partial charge in [-0.3, -0.25) is 14.7 Å². The fraction of sp³-hybridized carbons (Fsp3) is 0.529. The van der Waals surface area contributed by atoms with Gasteiger partial charge in [0, 0.05) is 25.4 Å². The Labute approximate surface area is 142 Å². The van der Waals surface area contributed by atoms with Gasteiger partial charge in [-0.1, -0.05) is 19.0 Å². The van der Waals surface area contributed by atoms with Gasteiger partial charge in [-0.05, 0) is 37.6 Å². The van der Waals surface area contributed by atoms with Gasteiger partial charge in [-0.15, -0.1) is 0 Å². The lowest BCUT2D eigenvalue weighted by molar-refractivity contribution is -0.122. The summed E-state index contributed by atoms with van der Waals surface area (Å²) < 4.78 is 5.23. The summed E-state index contributed by atoms with van der Waals surface area (Å²) in [5.74, 6) is 1.50. The van der Waals surface area contributed by atoms with Crippen molar-refractivity contribution >= 4 is 5.91 Å². The van der Waals surface area contributed by atoms with E-state index >= 15 is 0 Å². The maximum absolute atomic E-state index is 12.2. The minimum absolute atomic E-state index is 0.0809. The van der Waals surface area contributed by atoms with Crippen molar-refractivity contribution in [3.63, 3.8) is 0 Å². The minimum atomic E-state index is -0.305. The first kappa shape index (κ1) is 18.1. The molecule has 0 saturated heterocycles. The molecule has 0 radical (unpaired) electrons. The highest BCUT2D eigenvalue weighted by atomic mass is 16.5. The highest BCUT2D eigenvalue weighted by Crippen LogP contribution is 2.12. The van der Waals surface area contributed by atoms with Gasteiger partial charge in [-0.2, -0.15) is 4.98 Å². The normalized spacial score (nSPS) is 12.6. The molecule has 0 spiro atoms. The standard InChI is InChI=1S/C17H25N5O2/c1-12(2)9-15-20-17(24-21-15)13(3)19-16(23)11-22(4)10-14-5-7-18-8-6-14/h5-8,12-13H,9-11H2,1-4H3,(H,19,23)/t13-/m1/s1. The largest absolute Gasteiger partial charge is 0.343 e. The molecule has 7 nitrogen and oxygen atoms in total. The van der Waals surface area contributed by atoms with Gasteiger partial charge >= 0.3 is 0 Å². The second kappa shape index (κ2) is 8.54. The molecule has 2 aromatic heterocycles. The highest BCUT2D eigenvalue weighted by molar-refractivity contribution is 5.78. The van der Waals surface area contributed by atoms with Crippen LogP contribution in [0.25, 0.3) is 0 Å². The van der Waals surface area contributed by atoms with Crippen LogP contribution in [0.3, 0.4) is 0 Å². The Morgan fingerprint density at radius 2 is 2.00 bits per heavy atom. The molecule has 7 heteroatoms. The SMILES string of the molecule is CC(C)Cc1noc([C@@H](C)NC(=O)CN(C)Cc2ccncc2)n1. The molecule has 0 unspecified atom stereocenters. The summed E-state index contributed by atoms with van der Waals surface area (Å²) in [5, 5.41) is 6.84. The Balaban J connectivity index is 1.81. The Morgan fingerprint density at radius 1 is 1.29 bits per heavy atom. The molecule has 2 aromatic rings. The Bertz CT molecular complexity index is 641. The number of amides is 1. The van der Waals surface area contributed by atoms with Gasteiger partial charge in [0.25, 0.3) is 0 Å². The Hall–Kier alpha value is -2.28. The van der Waals surface area contributed by atoms with E-state index in [1.807, 2.05) is 31.0 Å². The Morgan fingerprint density at radius 3 is 2.67 bits per heavy atom. The molecule has 0 saturated carbocycles. The van der Waals surface area contributed by atoms with Crippen LogP contribution in [0.15, 0.2) is 29.0 Å². The smallest absolute Gasteiger partial charge is 0.248 e. The van der Waals surface area contributed by atoms with E-state index in [0.29, 0.717) is 30.7 Å². The molecule has 0 aliphatic rings. The summed E-state index contributed by atoms with van der Waals surface area (Å²) >= 11 is 0.